The molecule has 0 atom stereocenters. The quantitative estimate of drug-likeness (QED) is 0.938. The summed E-state index contributed by atoms with van der Waals surface area (Å²) in [7, 11) is 0. The molecular weight excluding hydrogens is 284 g/mol. The van der Waals surface area contributed by atoms with Crippen LogP contribution in [0.5, 0.6) is 5.75 Å². The van der Waals surface area contributed by atoms with Gasteiger partial charge in [-0.2, -0.15) is 0 Å². The minimum atomic E-state index is 0.586. The van der Waals surface area contributed by atoms with Crippen molar-refractivity contribution in [1.29, 1.82) is 0 Å². The fourth-order valence-corrected chi connectivity index (χ4v) is 3.03. The third-order valence-corrected chi connectivity index (χ3v) is 4.07. The van der Waals surface area contributed by atoms with Crippen molar-refractivity contribution in [3.63, 3.8) is 0 Å². The number of para-hydroxylation sites is 2. The number of rotatable bonds is 3. The van der Waals surface area contributed by atoms with Crippen LogP contribution in [0.15, 0.2) is 42.5 Å². The molecule has 2 aromatic carbocycles. The van der Waals surface area contributed by atoms with Crippen molar-refractivity contribution in [1.82, 2.24) is 0 Å². The van der Waals surface area contributed by atoms with Gasteiger partial charge in [-0.25, -0.2) is 0 Å². The highest BCUT2D eigenvalue weighted by atomic mass is 35.5. The minimum absolute atomic E-state index is 0.586. The van der Waals surface area contributed by atoms with Crippen LogP contribution in [-0.2, 0) is 6.42 Å². The van der Waals surface area contributed by atoms with Crippen LogP contribution in [0.3, 0.4) is 0 Å². The molecule has 0 radical (unpaired) electrons. The van der Waals surface area contributed by atoms with Crippen LogP contribution in [0.25, 0.3) is 0 Å². The van der Waals surface area contributed by atoms with Crippen molar-refractivity contribution >= 4 is 23.0 Å². The van der Waals surface area contributed by atoms with E-state index < -0.39 is 0 Å². The number of hydrogen-bond acceptors (Lipinski definition) is 3. The van der Waals surface area contributed by atoms with Gasteiger partial charge in [-0.3, -0.25) is 0 Å². The first-order valence-corrected chi connectivity index (χ1v) is 7.66. The Kier molecular flexibility index (Phi) is 4.32. The van der Waals surface area contributed by atoms with E-state index >= 15 is 0 Å². The highest BCUT2D eigenvalue weighted by Crippen LogP contribution is 2.39. The van der Waals surface area contributed by atoms with Crippen LogP contribution in [0, 0.1) is 0 Å². The number of anilines is 2. The molecule has 110 valence electrons. The second-order valence-electron chi connectivity index (χ2n) is 5.10. The molecule has 1 heterocycles. The molecule has 0 saturated heterocycles. The molecule has 0 bridgehead atoms. The lowest BCUT2D eigenvalue weighted by Gasteiger charge is -2.27. The van der Waals surface area contributed by atoms with Crippen molar-refractivity contribution in [2.24, 2.45) is 5.73 Å². The molecule has 2 aromatic rings. The summed E-state index contributed by atoms with van der Waals surface area (Å²) in [6.45, 7) is 2.23. The van der Waals surface area contributed by atoms with Gasteiger partial charge in [0.2, 0.25) is 0 Å². The minimum Gasteiger partial charge on any atom is -0.491 e. The average molecular weight is 303 g/mol. The molecular formula is C17H19ClN2O. The lowest BCUT2D eigenvalue weighted by Crippen LogP contribution is -2.20. The van der Waals surface area contributed by atoms with Crippen molar-refractivity contribution in [2.75, 3.05) is 24.6 Å². The summed E-state index contributed by atoms with van der Waals surface area (Å²) in [6, 6.07) is 14.2. The zero-order chi connectivity index (χ0) is 14.7. The Morgan fingerprint density at radius 2 is 1.90 bits per heavy atom. The third-order valence-electron chi connectivity index (χ3n) is 3.72. The van der Waals surface area contributed by atoms with Crippen LogP contribution in [0.1, 0.15) is 12.0 Å². The molecule has 3 nitrogen and oxygen atoms in total. The van der Waals surface area contributed by atoms with Gasteiger partial charge in [-0.05, 0) is 49.2 Å². The van der Waals surface area contributed by atoms with E-state index in [9.17, 15) is 0 Å². The number of fused-ring (bicyclic) bond motifs is 1. The van der Waals surface area contributed by atoms with E-state index in [-0.39, 0.29) is 0 Å². The molecule has 4 heteroatoms. The molecule has 21 heavy (non-hydrogen) atoms. The van der Waals surface area contributed by atoms with Gasteiger partial charge in [-0.1, -0.05) is 29.8 Å². The molecule has 0 aliphatic carbocycles. The van der Waals surface area contributed by atoms with E-state index in [1.807, 2.05) is 30.3 Å². The molecule has 0 aromatic heterocycles. The van der Waals surface area contributed by atoms with Crippen molar-refractivity contribution < 1.29 is 4.74 Å². The van der Waals surface area contributed by atoms with E-state index in [0.717, 1.165) is 53.7 Å². The number of hydrogen-bond donors (Lipinski definition) is 1. The van der Waals surface area contributed by atoms with Crippen LogP contribution < -0.4 is 15.4 Å². The van der Waals surface area contributed by atoms with Crippen molar-refractivity contribution in [3.05, 3.63) is 53.1 Å². The maximum Gasteiger partial charge on any atom is 0.142 e. The Morgan fingerprint density at radius 3 is 2.76 bits per heavy atom. The molecule has 2 N–H and O–H groups in total. The van der Waals surface area contributed by atoms with Gasteiger partial charge < -0.3 is 15.4 Å². The average Bonchev–Trinajstić information content (AvgIpc) is 2.72. The largest absolute Gasteiger partial charge is 0.491 e. The number of benzene rings is 2. The van der Waals surface area contributed by atoms with Crippen molar-refractivity contribution in [3.8, 4) is 5.75 Å². The van der Waals surface area contributed by atoms with Gasteiger partial charge in [0.1, 0.15) is 5.75 Å². The molecule has 0 spiro atoms. The summed E-state index contributed by atoms with van der Waals surface area (Å²) in [4.78, 5) is 2.29. The van der Waals surface area contributed by atoms with Gasteiger partial charge >= 0.3 is 0 Å². The zero-order valence-electron chi connectivity index (χ0n) is 11.9. The predicted octanol–water partition coefficient (Wildman–Crippen LogP) is 3.76. The van der Waals surface area contributed by atoms with Crippen LogP contribution in [0.2, 0.25) is 5.02 Å². The molecule has 1 aliphatic heterocycles. The maximum atomic E-state index is 6.38. The summed E-state index contributed by atoms with van der Waals surface area (Å²) >= 11 is 6.38. The predicted molar refractivity (Wildman–Crippen MR) is 87.8 cm³/mol. The lowest BCUT2D eigenvalue weighted by molar-refractivity contribution is 0.322. The lowest BCUT2D eigenvalue weighted by atomic mass is 10.1. The van der Waals surface area contributed by atoms with Gasteiger partial charge in [0.05, 0.1) is 12.3 Å². The van der Waals surface area contributed by atoms with Crippen molar-refractivity contribution in [2.45, 2.75) is 12.8 Å². The molecule has 3 rings (SSSR count). The summed E-state index contributed by atoms with van der Waals surface area (Å²) in [5.74, 6) is 0.925. The zero-order valence-corrected chi connectivity index (χ0v) is 12.6. The number of nitrogens with zero attached hydrogens (tertiary/aromatic N) is 1. The topological polar surface area (TPSA) is 38.5 Å². The first-order valence-electron chi connectivity index (χ1n) is 7.28. The van der Waals surface area contributed by atoms with Gasteiger partial charge in [0, 0.05) is 17.3 Å². The number of nitrogens with two attached hydrogens (primary N) is 1. The fraction of sp³-hybridized carbons (Fsp3) is 0.294. The van der Waals surface area contributed by atoms with Crippen LogP contribution in [0.4, 0.5) is 11.4 Å². The Morgan fingerprint density at radius 1 is 1.10 bits per heavy atom. The van der Waals surface area contributed by atoms with E-state index in [2.05, 4.69) is 17.0 Å². The van der Waals surface area contributed by atoms with E-state index in [4.69, 9.17) is 22.1 Å². The Balaban J connectivity index is 2.10. The molecule has 0 fully saturated rings. The summed E-state index contributed by atoms with van der Waals surface area (Å²) in [5, 5.41) is 0.778. The van der Waals surface area contributed by atoms with Crippen LogP contribution >= 0.6 is 11.6 Å². The Hall–Kier alpha value is -1.71. The SMILES string of the molecule is NCCc1c(Cl)cccc1N1CCCOc2ccccc21. The highest BCUT2D eigenvalue weighted by Gasteiger charge is 2.20. The normalized spacial score (nSPS) is 14.3. The maximum absolute atomic E-state index is 6.38. The van der Waals surface area contributed by atoms with E-state index in [1.165, 1.54) is 0 Å². The Bertz CT molecular complexity index is 630. The fourth-order valence-electron chi connectivity index (χ4n) is 2.77. The monoisotopic (exact) mass is 302 g/mol. The number of ether oxygens (including phenoxy) is 1. The third kappa shape index (κ3) is 2.85. The van der Waals surface area contributed by atoms with E-state index in [0.29, 0.717) is 6.54 Å². The summed E-state index contributed by atoms with van der Waals surface area (Å²) in [6.07, 6.45) is 1.75. The second-order valence-corrected chi connectivity index (χ2v) is 5.50. The molecule has 1 aliphatic rings. The smallest absolute Gasteiger partial charge is 0.142 e. The van der Waals surface area contributed by atoms with Gasteiger partial charge in [0.15, 0.2) is 0 Å². The Labute approximate surface area is 130 Å². The number of halogens is 1. The molecule has 0 unspecified atom stereocenters. The standard InChI is InChI=1S/C17H19ClN2O/c18-14-5-3-7-15(13(14)9-10-19)20-11-4-12-21-17-8-2-1-6-16(17)20/h1-3,5-8H,4,9-12,19H2. The highest BCUT2D eigenvalue weighted by molar-refractivity contribution is 6.31. The van der Waals surface area contributed by atoms with Crippen LogP contribution in [-0.4, -0.2) is 19.7 Å². The molecule has 0 amide bonds. The first kappa shape index (κ1) is 14.2. The summed E-state index contributed by atoms with van der Waals surface area (Å²) < 4.78 is 5.83. The first-order chi connectivity index (χ1) is 10.3. The van der Waals surface area contributed by atoms with Gasteiger partial charge in [-0.15, -0.1) is 0 Å². The van der Waals surface area contributed by atoms with E-state index in [1.54, 1.807) is 0 Å². The summed E-state index contributed by atoms with van der Waals surface area (Å²) in [5.41, 5.74) is 9.08. The second kappa shape index (κ2) is 6.37. The van der Waals surface area contributed by atoms with Gasteiger partial charge in [0.25, 0.3) is 0 Å². The molecule has 0 saturated carbocycles.